The predicted octanol–water partition coefficient (Wildman–Crippen LogP) is 2.16. The second-order valence-electron chi connectivity index (χ2n) is 7.80. The lowest BCUT2D eigenvalue weighted by Crippen LogP contribution is -2.50. The van der Waals surface area contributed by atoms with E-state index in [-0.39, 0.29) is 5.25 Å². The molecule has 4 nitrogen and oxygen atoms in total. The molecule has 0 atom stereocenters. The third-order valence-corrected chi connectivity index (χ3v) is 8.47. The van der Waals surface area contributed by atoms with E-state index in [2.05, 4.69) is 4.72 Å². The summed E-state index contributed by atoms with van der Waals surface area (Å²) in [4.78, 5) is 0. The van der Waals surface area contributed by atoms with Gasteiger partial charge in [0.15, 0.2) is 0 Å². The van der Waals surface area contributed by atoms with Crippen LogP contribution < -0.4 is 4.72 Å². The molecule has 5 fully saturated rings. The zero-order valence-electron chi connectivity index (χ0n) is 12.7. The summed E-state index contributed by atoms with van der Waals surface area (Å²) in [6.45, 7) is 1.86. The average Bonchev–Trinajstić information content (AvgIpc) is 2.47. The SMILES string of the molecule is O=S(=O)(NCC1C2CC3CC(C2)CC1C3)C1CCOCC1. The molecule has 1 saturated heterocycles. The Morgan fingerprint density at radius 1 is 0.905 bits per heavy atom. The smallest absolute Gasteiger partial charge is 0.214 e. The Bertz CT molecular complexity index is 456. The molecule has 1 N–H and O–H groups in total. The number of sulfonamides is 1. The van der Waals surface area contributed by atoms with Crippen molar-refractivity contribution in [1.82, 2.24) is 4.72 Å². The number of ether oxygens (including phenoxy) is 1. The minimum Gasteiger partial charge on any atom is -0.381 e. The summed E-state index contributed by atoms with van der Waals surface area (Å²) in [5.41, 5.74) is 0. The molecule has 1 aliphatic heterocycles. The van der Waals surface area contributed by atoms with Gasteiger partial charge in [-0.1, -0.05) is 0 Å². The van der Waals surface area contributed by atoms with Crippen LogP contribution in [-0.2, 0) is 14.8 Å². The summed E-state index contributed by atoms with van der Waals surface area (Å²) in [5, 5.41) is -0.233. The van der Waals surface area contributed by atoms with Gasteiger partial charge in [-0.25, -0.2) is 13.1 Å². The van der Waals surface area contributed by atoms with Gasteiger partial charge in [0.05, 0.1) is 5.25 Å². The second kappa shape index (κ2) is 5.50. The maximum atomic E-state index is 12.5. The quantitative estimate of drug-likeness (QED) is 0.865. The van der Waals surface area contributed by atoms with Gasteiger partial charge in [0.1, 0.15) is 0 Å². The summed E-state index contributed by atoms with van der Waals surface area (Å²) in [7, 11) is -3.15. The molecule has 4 bridgehead atoms. The van der Waals surface area contributed by atoms with Gasteiger partial charge in [-0.3, -0.25) is 0 Å². The van der Waals surface area contributed by atoms with Gasteiger partial charge in [0, 0.05) is 19.8 Å². The van der Waals surface area contributed by atoms with Gasteiger partial charge >= 0.3 is 0 Å². The molecule has 0 unspecified atom stereocenters. The molecule has 0 aromatic carbocycles. The highest BCUT2D eigenvalue weighted by atomic mass is 32.2. The molecule has 5 heteroatoms. The molecule has 0 spiro atoms. The summed E-state index contributed by atoms with van der Waals surface area (Å²) in [6.07, 6.45) is 8.18. The van der Waals surface area contributed by atoms with E-state index in [1.807, 2.05) is 0 Å². The monoisotopic (exact) mass is 313 g/mol. The van der Waals surface area contributed by atoms with Crippen LogP contribution in [0.1, 0.15) is 44.9 Å². The predicted molar refractivity (Wildman–Crippen MR) is 81.3 cm³/mol. The van der Waals surface area contributed by atoms with Gasteiger partial charge in [0.2, 0.25) is 10.0 Å². The van der Waals surface area contributed by atoms with Crippen LogP contribution in [0.15, 0.2) is 0 Å². The molecule has 21 heavy (non-hydrogen) atoms. The number of rotatable bonds is 4. The largest absolute Gasteiger partial charge is 0.381 e. The molecule has 0 amide bonds. The summed E-state index contributed by atoms with van der Waals surface area (Å²) < 4.78 is 33.2. The lowest BCUT2D eigenvalue weighted by molar-refractivity contribution is -0.0335. The molecule has 120 valence electrons. The number of nitrogens with one attached hydrogen (secondary N) is 1. The molecular weight excluding hydrogens is 286 g/mol. The van der Waals surface area contributed by atoms with Crippen molar-refractivity contribution in [3.8, 4) is 0 Å². The van der Waals surface area contributed by atoms with Gasteiger partial charge in [-0.15, -0.1) is 0 Å². The summed E-state index contributed by atoms with van der Waals surface area (Å²) in [5.74, 6) is 4.09. The lowest BCUT2D eigenvalue weighted by atomic mass is 9.52. The first kappa shape index (κ1) is 14.5. The molecule has 4 aliphatic carbocycles. The van der Waals surface area contributed by atoms with Gasteiger partial charge in [0.25, 0.3) is 0 Å². The molecule has 4 saturated carbocycles. The molecule has 0 aromatic heterocycles. The zero-order valence-corrected chi connectivity index (χ0v) is 13.5. The topological polar surface area (TPSA) is 55.4 Å². The minimum atomic E-state index is -3.15. The maximum absolute atomic E-state index is 12.5. The van der Waals surface area contributed by atoms with E-state index < -0.39 is 10.0 Å². The Morgan fingerprint density at radius 3 is 2.05 bits per heavy atom. The van der Waals surface area contributed by atoms with Crippen LogP contribution in [-0.4, -0.2) is 33.4 Å². The fourth-order valence-electron chi connectivity index (χ4n) is 5.69. The normalized spacial score (nSPS) is 43.3. The Labute approximate surface area is 128 Å². The van der Waals surface area contributed by atoms with Crippen molar-refractivity contribution < 1.29 is 13.2 Å². The first-order valence-corrected chi connectivity index (χ1v) is 10.2. The molecule has 1 heterocycles. The van der Waals surface area contributed by atoms with Gasteiger partial charge < -0.3 is 4.74 Å². The van der Waals surface area contributed by atoms with Crippen LogP contribution in [0.2, 0.25) is 0 Å². The maximum Gasteiger partial charge on any atom is 0.214 e. The van der Waals surface area contributed by atoms with Crippen LogP contribution in [0.25, 0.3) is 0 Å². The number of hydrogen-bond donors (Lipinski definition) is 1. The van der Waals surface area contributed by atoms with Crippen LogP contribution in [0.3, 0.4) is 0 Å². The van der Waals surface area contributed by atoms with Crippen LogP contribution >= 0.6 is 0 Å². The van der Waals surface area contributed by atoms with Crippen molar-refractivity contribution in [3.05, 3.63) is 0 Å². The van der Waals surface area contributed by atoms with Gasteiger partial charge in [-0.05, 0) is 74.5 Å². The van der Waals surface area contributed by atoms with Gasteiger partial charge in [-0.2, -0.15) is 0 Å². The highest BCUT2D eigenvalue weighted by molar-refractivity contribution is 7.90. The highest BCUT2D eigenvalue weighted by Crippen LogP contribution is 2.56. The van der Waals surface area contributed by atoms with Crippen molar-refractivity contribution in [2.45, 2.75) is 50.2 Å². The van der Waals surface area contributed by atoms with Crippen molar-refractivity contribution in [3.63, 3.8) is 0 Å². The molecule has 5 rings (SSSR count). The first-order chi connectivity index (χ1) is 10.1. The van der Waals surface area contributed by atoms with E-state index in [1.165, 1.54) is 32.1 Å². The third kappa shape index (κ3) is 2.77. The standard InChI is InChI=1S/C16H27NO3S/c18-21(19,15-1-3-20-4-2-15)17-10-16-13-6-11-5-12(8-13)9-14(16)7-11/h11-17H,1-10H2. The fourth-order valence-corrected chi connectivity index (χ4v) is 7.16. The Hall–Kier alpha value is -0.130. The molecule has 0 radical (unpaired) electrons. The van der Waals surface area contributed by atoms with Crippen molar-refractivity contribution in [2.24, 2.45) is 29.6 Å². The van der Waals surface area contributed by atoms with Crippen LogP contribution in [0.5, 0.6) is 0 Å². The Morgan fingerprint density at radius 2 is 1.48 bits per heavy atom. The van der Waals surface area contributed by atoms with E-state index >= 15 is 0 Å². The van der Waals surface area contributed by atoms with Crippen molar-refractivity contribution in [1.29, 1.82) is 0 Å². The molecular formula is C16H27NO3S. The van der Waals surface area contributed by atoms with Crippen LogP contribution in [0.4, 0.5) is 0 Å². The minimum absolute atomic E-state index is 0.233. The van der Waals surface area contributed by atoms with Crippen LogP contribution in [0, 0.1) is 29.6 Å². The van der Waals surface area contributed by atoms with E-state index in [0.29, 0.717) is 38.5 Å². The van der Waals surface area contributed by atoms with E-state index in [0.717, 1.165) is 23.7 Å². The first-order valence-electron chi connectivity index (χ1n) is 8.68. The lowest BCUT2D eigenvalue weighted by Gasteiger charge is -2.54. The zero-order chi connectivity index (χ0) is 14.4. The highest BCUT2D eigenvalue weighted by Gasteiger charge is 2.48. The average molecular weight is 313 g/mol. The molecule has 5 aliphatic rings. The van der Waals surface area contributed by atoms with E-state index in [4.69, 9.17) is 4.74 Å². The fraction of sp³-hybridized carbons (Fsp3) is 1.00. The summed E-state index contributed by atoms with van der Waals surface area (Å²) in [6, 6.07) is 0. The van der Waals surface area contributed by atoms with E-state index in [1.54, 1.807) is 0 Å². The Kier molecular flexibility index (Phi) is 3.79. The molecule has 0 aromatic rings. The Balaban J connectivity index is 1.38. The third-order valence-electron chi connectivity index (χ3n) is 6.55. The second-order valence-corrected chi connectivity index (χ2v) is 9.85. The van der Waals surface area contributed by atoms with Crippen molar-refractivity contribution in [2.75, 3.05) is 19.8 Å². The summed E-state index contributed by atoms with van der Waals surface area (Å²) >= 11 is 0. The number of hydrogen-bond acceptors (Lipinski definition) is 3. The van der Waals surface area contributed by atoms with E-state index in [9.17, 15) is 8.42 Å². The van der Waals surface area contributed by atoms with Crippen molar-refractivity contribution >= 4 is 10.0 Å².